The van der Waals surface area contributed by atoms with Crippen LogP contribution < -0.4 is 5.32 Å². The van der Waals surface area contributed by atoms with Crippen molar-refractivity contribution < 1.29 is 0 Å². The minimum Gasteiger partial charge on any atom is -0.315 e. The first-order chi connectivity index (χ1) is 5.24. The van der Waals surface area contributed by atoms with E-state index in [0.717, 1.165) is 24.0 Å². The Bertz CT molecular complexity index is 156. The van der Waals surface area contributed by atoms with Gasteiger partial charge in [0.25, 0.3) is 0 Å². The van der Waals surface area contributed by atoms with Crippen molar-refractivity contribution in [1.82, 2.24) is 10.2 Å². The summed E-state index contributed by atoms with van der Waals surface area (Å²) >= 11 is 0. The van der Waals surface area contributed by atoms with Gasteiger partial charge in [0.15, 0.2) is 0 Å². The third-order valence-corrected chi connectivity index (χ3v) is 3.33. The molecule has 0 aromatic carbocycles. The fourth-order valence-corrected chi connectivity index (χ4v) is 2.68. The highest BCUT2D eigenvalue weighted by Crippen LogP contribution is 2.41. The molecule has 3 aliphatic rings. The molecule has 2 nitrogen and oxygen atoms in total. The number of rotatable bonds is 2. The number of nitrogens with zero attached hydrogens (tertiary/aromatic N) is 1. The minimum atomic E-state index is 0.739. The van der Waals surface area contributed by atoms with E-state index in [4.69, 9.17) is 0 Å². The SMILES string of the molecule is CNC1C2CC1N(C(C)C)C2. The Morgan fingerprint density at radius 3 is 2.55 bits per heavy atom. The van der Waals surface area contributed by atoms with Gasteiger partial charge in [-0.15, -0.1) is 0 Å². The van der Waals surface area contributed by atoms with Crippen molar-refractivity contribution in [1.29, 1.82) is 0 Å². The van der Waals surface area contributed by atoms with Gasteiger partial charge in [-0.25, -0.2) is 0 Å². The van der Waals surface area contributed by atoms with Gasteiger partial charge in [0.05, 0.1) is 0 Å². The fraction of sp³-hybridized carbons (Fsp3) is 1.00. The van der Waals surface area contributed by atoms with E-state index in [1.54, 1.807) is 0 Å². The summed E-state index contributed by atoms with van der Waals surface area (Å²) in [4.78, 5) is 2.63. The first-order valence-electron chi connectivity index (χ1n) is 4.67. The molecule has 0 aromatic heterocycles. The molecule has 64 valence electrons. The molecular weight excluding hydrogens is 136 g/mol. The molecule has 2 aliphatic heterocycles. The van der Waals surface area contributed by atoms with E-state index in [-0.39, 0.29) is 0 Å². The maximum Gasteiger partial charge on any atom is 0.0261 e. The van der Waals surface area contributed by atoms with Crippen LogP contribution in [-0.4, -0.2) is 36.6 Å². The Morgan fingerprint density at radius 1 is 1.45 bits per heavy atom. The monoisotopic (exact) mass is 154 g/mol. The van der Waals surface area contributed by atoms with Gasteiger partial charge in [-0.2, -0.15) is 0 Å². The summed E-state index contributed by atoms with van der Waals surface area (Å²) < 4.78 is 0. The summed E-state index contributed by atoms with van der Waals surface area (Å²) in [6, 6.07) is 2.39. The largest absolute Gasteiger partial charge is 0.315 e. The number of hydrogen-bond acceptors (Lipinski definition) is 2. The zero-order valence-corrected chi connectivity index (χ0v) is 7.67. The zero-order chi connectivity index (χ0) is 8.01. The third kappa shape index (κ3) is 0.926. The number of hydrogen-bond donors (Lipinski definition) is 1. The van der Waals surface area contributed by atoms with E-state index in [0.29, 0.717) is 0 Å². The summed E-state index contributed by atoms with van der Waals surface area (Å²) in [6.45, 7) is 5.93. The van der Waals surface area contributed by atoms with Gasteiger partial charge in [0, 0.05) is 24.7 Å². The Balaban J connectivity index is 2.00. The smallest absolute Gasteiger partial charge is 0.0261 e. The summed E-state index contributed by atoms with van der Waals surface area (Å²) in [5, 5.41) is 3.41. The molecule has 2 heteroatoms. The van der Waals surface area contributed by atoms with Crippen LogP contribution in [0, 0.1) is 5.92 Å². The van der Waals surface area contributed by atoms with E-state index >= 15 is 0 Å². The molecule has 0 amide bonds. The highest BCUT2D eigenvalue weighted by atomic mass is 15.3. The first-order valence-corrected chi connectivity index (χ1v) is 4.67. The van der Waals surface area contributed by atoms with Crippen molar-refractivity contribution in [3.05, 3.63) is 0 Å². The van der Waals surface area contributed by atoms with Gasteiger partial charge in [-0.05, 0) is 33.2 Å². The lowest BCUT2D eigenvalue weighted by molar-refractivity contribution is 0.165. The van der Waals surface area contributed by atoms with E-state index in [9.17, 15) is 0 Å². The van der Waals surface area contributed by atoms with Crippen LogP contribution >= 0.6 is 0 Å². The second-order valence-electron chi connectivity index (χ2n) is 4.17. The van der Waals surface area contributed by atoms with Crippen LogP contribution in [0.15, 0.2) is 0 Å². The van der Waals surface area contributed by atoms with Gasteiger partial charge >= 0.3 is 0 Å². The Labute approximate surface area is 69.0 Å². The summed E-state index contributed by atoms with van der Waals surface area (Å²) in [6.07, 6.45) is 1.43. The standard InChI is InChI=1S/C9H18N2/c1-6(2)11-5-7-4-8(11)9(7)10-3/h6-10H,4-5H2,1-3H3. The van der Waals surface area contributed by atoms with Crippen molar-refractivity contribution in [2.45, 2.75) is 38.4 Å². The molecule has 3 unspecified atom stereocenters. The van der Waals surface area contributed by atoms with Crippen molar-refractivity contribution in [3.63, 3.8) is 0 Å². The van der Waals surface area contributed by atoms with E-state index in [2.05, 4.69) is 31.1 Å². The summed E-state index contributed by atoms with van der Waals surface area (Å²) in [5.74, 6) is 0.951. The van der Waals surface area contributed by atoms with E-state index in [1.807, 2.05) is 0 Å². The molecule has 0 aromatic rings. The molecule has 11 heavy (non-hydrogen) atoms. The molecule has 2 saturated heterocycles. The number of fused-ring (bicyclic) bond motifs is 1. The maximum atomic E-state index is 3.41. The molecule has 3 rings (SSSR count). The first kappa shape index (κ1) is 7.56. The van der Waals surface area contributed by atoms with Crippen LogP contribution in [-0.2, 0) is 0 Å². The molecule has 2 heterocycles. The van der Waals surface area contributed by atoms with E-state index < -0.39 is 0 Å². The average molecular weight is 154 g/mol. The van der Waals surface area contributed by atoms with Gasteiger partial charge in [-0.1, -0.05) is 0 Å². The lowest BCUT2D eigenvalue weighted by Crippen LogP contribution is -2.52. The molecule has 1 saturated carbocycles. The zero-order valence-electron chi connectivity index (χ0n) is 7.67. The van der Waals surface area contributed by atoms with Crippen molar-refractivity contribution in [2.24, 2.45) is 5.92 Å². The molecular formula is C9H18N2. The Kier molecular flexibility index (Phi) is 1.69. The summed E-state index contributed by atoms with van der Waals surface area (Å²) in [5.41, 5.74) is 0. The van der Waals surface area contributed by atoms with Crippen LogP contribution in [0.3, 0.4) is 0 Å². The number of likely N-dealkylation sites (N-methyl/N-ethyl adjacent to an activating group) is 1. The molecule has 2 bridgehead atoms. The topological polar surface area (TPSA) is 15.3 Å². The molecule has 3 fully saturated rings. The van der Waals surface area contributed by atoms with Crippen molar-refractivity contribution in [2.75, 3.05) is 13.6 Å². The molecule has 1 aliphatic carbocycles. The third-order valence-electron chi connectivity index (χ3n) is 3.33. The van der Waals surface area contributed by atoms with Crippen molar-refractivity contribution in [3.8, 4) is 0 Å². The van der Waals surface area contributed by atoms with Crippen LogP contribution in [0.25, 0.3) is 0 Å². The molecule has 0 radical (unpaired) electrons. The van der Waals surface area contributed by atoms with Crippen molar-refractivity contribution >= 4 is 0 Å². The van der Waals surface area contributed by atoms with Gasteiger partial charge in [0.1, 0.15) is 0 Å². The maximum absolute atomic E-state index is 3.41. The minimum absolute atomic E-state index is 0.739. The van der Waals surface area contributed by atoms with Crippen LogP contribution in [0.1, 0.15) is 20.3 Å². The predicted octanol–water partition coefficient (Wildman–Crippen LogP) is 0.687. The normalized spacial score (nSPS) is 43.1. The lowest BCUT2D eigenvalue weighted by Gasteiger charge is -2.37. The molecule has 1 N–H and O–H groups in total. The Morgan fingerprint density at radius 2 is 2.18 bits per heavy atom. The van der Waals surface area contributed by atoms with Gasteiger partial charge in [-0.3, -0.25) is 4.90 Å². The molecule has 3 atom stereocenters. The second kappa shape index (κ2) is 2.46. The number of nitrogens with one attached hydrogen (secondary N) is 1. The van der Waals surface area contributed by atoms with Crippen LogP contribution in [0.2, 0.25) is 0 Å². The lowest BCUT2D eigenvalue weighted by atomic mass is 9.80. The highest BCUT2D eigenvalue weighted by molar-refractivity contribution is 5.08. The van der Waals surface area contributed by atoms with Gasteiger partial charge < -0.3 is 5.32 Å². The second-order valence-corrected chi connectivity index (χ2v) is 4.17. The quantitative estimate of drug-likeness (QED) is 0.629. The van der Waals surface area contributed by atoms with E-state index in [1.165, 1.54) is 13.0 Å². The predicted molar refractivity (Wildman–Crippen MR) is 46.6 cm³/mol. The highest BCUT2D eigenvalue weighted by Gasteiger charge is 2.51. The Hall–Kier alpha value is -0.0800. The fourth-order valence-electron chi connectivity index (χ4n) is 2.68. The molecule has 0 spiro atoms. The van der Waals surface area contributed by atoms with Crippen LogP contribution in [0.5, 0.6) is 0 Å². The average Bonchev–Trinajstić information content (AvgIpc) is 2.41. The summed E-state index contributed by atoms with van der Waals surface area (Å²) in [7, 11) is 2.09. The van der Waals surface area contributed by atoms with Gasteiger partial charge in [0.2, 0.25) is 0 Å². The van der Waals surface area contributed by atoms with Crippen LogP contribution in [0.4, 0.5) is 0 Å².